The summed E-state index contributed by atoms with van der Waals surface area (Å²) in [5, 5.41) is 21.7. The number of nitro benzene ring substituents is 1. The first-order valence-electron chi connectivity index (χ1n) is 9.23. The van der Waals surface area contributed by atoms with Gasteiger partial charge in [0.1, 0.15) is 5.75 Å². The maximum Gasteiger partial charge on any atom is 0.416 e. The molecule has 8 heteroatoms. The van der Waals surface area contributed by atoms with Crippen LogP contribution in [0.2, 0.25) is 0 Å². The molecule has 5 nitrogen and oxygen atoms in total. The highest BCUT2D eigenvalue weighted by atomic mass is 19.4. The molecule has 30 heavy (non-hydrogen) atoms. The van der Waals surface area contributed by atoms with Crippen LogP contribution in [0.1, 0.15) is 25.0 Å². The van der Waals surface area contributed by atoms with Gasteiger partial charge < -0.3 is 5.11 Å². The number of nitro groups is 1. The molecule has 0 atom stereocenters. The van der Waals surface area contributed by atoms with Gasteiger partial charge in [-0.1, -0.05) is 18.2 Å². The van der Waals surface area contributed by atoms with Crippen LogP contribution in [0.4, 0.5) is 18.9 Å². The van der Waals surface area contributed by atoms with Crippen LogP contribution < -0.4 is 4.57 Å². The molecule has 0 amide bonds. The molecule has 0 fully saturated rings. The van der Waals surface area contributed by atoms with Gasteiger partial charge in [0.15, 0.2) is 5.54 Å². The lowest BCUT2D eigenvalue weighted by molar-refractivity contribution is -0.740. The van der Waals surface area contributed by atoms with Crippen molar-refractivity contribution in [3.8, 4) is 28.3 Å². The fraction of sp³-hybridized carbons (Fsp3) is 0.227. The number of hydrogen-bond acceptors (Lipinski definition) is 3. The van der Waals surface area contributed by atoms with E-state index in [0.717, 1.165) is 35.9 Å². The third-order valence-corrected chi connectivity index (χ3v) is 5.38. The minimum Gasteiger partial charge on any atom is -0.507 e. The average molecular weight is 415 g/mol. The summed E-state index contributed by atoms with van der Waals surface area (Å²) in [7, 11) is 0. The van der Waals surface area contributed by atoms with Crippen LogP contribution in [0, 0.1) is 10.1 Å². The minimum atomic E-state index is -4.63. The zero-order chi connectivity index (χ0) is 21.8. The molecule has 1 N–H and O–H groups in total. The Morgan fingerprint density at radius 1 is 1.03 bits per heavy atom. The zero-order valence-electron chi connectivity index (χ0n) is 16.2. The number of hydrogen-bond donors (Lipinski definition) is 1. The summed E-state index contributed by atoms with van der Waals surface area (Å²) in [5.41, 5.74) is 0.123. The second-order valence-corrected chi connectivity index (χ2v) is 7.95. The standard InChI is InChI=1S/C22H17F3N2O3/c1-21(2)12-13-5-3-4-6-16(13)18-9-14(22(23,24)25)10-19(26(18)21)17-11-15(27(29)30)7-8-20(17)28/h3-11H,12H2,1-2H3/p+1. The van der Waals surface area contributed by atoms with Crippen molar-refractivity contribution in [1.29, 1.82) is 0 Å². The van der Waals surface area contributed by atoms with Gasteiger partial charge in [-0.25, -0.2) is 0 Å². The number of pyridine rings is 1. The second-order valence-electron chi connectivity index (χ2n) is 7.95. The van der Waals surface area contributed by atoms with E-state index in [9.17, 15) is 28.4 Å². The van der Waals surface area contributed by atoms with Gasteiger partial charge in [-0.3, -0.25) is 10.1 Å². The molecule has 4 rings (SSSR count). The number of alkyl halides is 3. The quantitative estimate of drug-likeness (QED) is 0.354. The Bertz CT molecular complexity index is 1190. The number of benzene rings is 2. The minimum absolute atomic E-state index is 0.0241. The summed E-state index contributed by atoms with van der Waals surface area (Å²) >= 11 is 0. The van der Waals surface area contributed by atoms with Gasteiger partial charge in [0, 0.05) is 50.1 Å². The van der Waals surface area contributed by atoms with Crippen molar-refractivity contribution in [2.45, 2.75) is 32.0 Å². The molecule has 1 aliphatic rings. The molecule has 1 aliphatic heterocycles. The smallest absolute Gasteiger partial charge is 0.416 e. The number of halogens is 3. The lowest BCUT2D eigenvalue weighted by atomic mass is 9.84. The fourth-order valence-electron chi connectivity index (χ4n) is 4.12. The van der Waals surface area contributed by atoms with E-state index in [1.807, 2.05) is 26.0 Å². The van der Waals surface area contributed by atoms with Crippen molar-refractivity contribution in [1.82, 2.24) is 0 Å². The summed E-state index contributed by atoms with van der Waals surface area (Å²) in [6, 6.07) is 12.6. The third kappa shape index (κ3) is 3.18. The van der Waals surface area contributed by atoms with Crippen LogP contribution in [-0.2, 0) is 18.1 Å². The normalized spacial score (nSPS) is 14.7. The molecule has 2 heterocycles. The van der Waals surface area contributed by atoms with Crippen molar-refractivity contribution >= 4 is 5.69 Å². The van der Waals surface area contributed by atoms with Crippen molar-refractivity contribution < 1.29 is 27.8 Å². The summed E-state index contributed by atoms with van der Waals surface area (Å²) < 4.78 is 43.0. The molecule has 154 valence electrons. The molecule has 0 spiro atoms. The first-order valence-corrected chi connectivity index (χ1v) is 9.23. The molecular formula is C22H18F3N2O3+. The van der Waals surface area contributed by atoms with E-state index in [0.29, 0.717) is 17.7 Å². The Morgan fingerprint density at radius 3 is 2.30 bits per heavy atom. The molecule has 0 saturated carbocycles. The summed E-state index contributed by atoms with van der Waals surface area (Å²) in [6.07, 6.45) is -4.08. The van der Waals surface area contributed by atoms with Gasteiger partial charge >= 0.3 is 6.18 Å². The van der Waals surface area contributed by atoms with E-state index in [2.05, 4.69) is 0 Å². The lowest BCUT2D eigenvalue weighted by Crippen LogP contribution is -2.58. The van der Waals surface area contributed by atoms with Gasteiger partial charge in [-0.05, 0) is 17.7 Å². The molecule has 0 aliphatic carbocycles. The Hall–Kier alpha value is -3.42. The van der Waals surface area contributed by atoms with Gasteiger partial charge in [0.05, 0.1) is 16.1 Å². The average Bonchev–Trinajstić information content (AvgIpc) is 2.66. The molecule has 3 aromatic rings. The number of non-ortho nitro benzene ring substituents is 1. The van der Waals surface area contributed by atoms with Gasteiger partial charge in [0.2, 0.25) is 11.4 Å². The van der Waals surface area contributed by atoms with E-state index < -0.39 is 22.2 Å². The fourth-order valence-corrected chi connectivity index (χ4v) is 4.12. The highest BCUT2D eigenvalue weighted by Crippen LogP contribution is 2.41. The number of nitrogens with zero attached hydrogens (tertiary/aromatic N) is 2. The Kier molecular flexibility index (Phi) is 4.34. The number of aromatic nitrogens is 1. The Labute approximate surface area is 170 Å². The largest absolute Gasteiger partial charge is 0.507 e. The molecular weight excluding hydrogens is 397 g/mol. The summed E-state index contributed by atoms with van der Waals surface area (Å²) in [4.78, 5) is 10.6. The predicted octanol–water partition coefficient (Wildman–Crippen LogP) is 5.23. The first kappa shape index (κ1) is 19.9. The van der Waals surface area contributed by atoms with E-state index in [-0.39, 0.29) is 22.7 Å². The van der Waals surface area contributed by atoms with Crippen molar-refractivity contribution in [3.63, 3.8) is 0 Å². The number of phenolic OH excluding ortho intramolecular Hbond substituents is 1. The monoisotopic (exact) mass is 415 g/mol. The number of fused-ring (bicyclic) bond motifs is 3. The summed E-state index contributed by atoms with van der Waals surface area (Å²) in [5.74, 6) is -0.329. The van der Waals surface area contributed by atoms with Crippen LogP contribution in [0.25, 0.3) is 22.5 Å². The van der Waals surface area contributed by atoms with Gasteiger partial charge in [-0.2, -0.15) is 17.7 Å². The predicted molar refractivity (Wildman–Crippen MR) is 104 cm³/mol. The molecule has 2 aromatic carbocycles. The van der Waals surface area contributed by atoms with Crippen LogP contribution in [0.5, 0.6) is 5.75 Å². The SMILES string of the molecule is CC1(C)Cc2ccccc2-c2cc(C(F)(F)F)cc(-c3cc([N+](=O)[O-])ccc3O)[n+]21. The maximum absolute atomic E-state index is 13.8. The summed E-state index contributed by atoms with van der Waals surface area (Å²) in [6.45, 7) is 3.77. The van der Waals surface area contributed by atoms with Gasteiger partial charge in [0.25, 0.3) is 5.69 Å². The molecule has 0 radical (unpaired) electrons. The number of aromatic hydroxyl groups is 1. The van der Waals surface area contributed by atoms with E-state index in [4.69, 9.17) is 0 Å². The molecule has 0 unspecified atom stereocenters. The number of rotatable bonds is 2. The Balaban J connectivity index is 2.13. The Morgan fingerprint density at radius 2 is 1.67 bits per heavy atom. The highest BCUT2D eigenvalue weighted by molar-refractivity contribution is 5.71. The zero-order valence-corrected chi connectivity index (χ0v) is 16.2. The lowest BCUT2D eigenvalue weighted by Gasteiger charge is -2.30. The van der Waals surface area contributed by atoms with Crippen molar-refractivity contribution in [2.24, 2.45) is 0 Å². The van der Waals surface area contributed by atoms with Crippen LogP contribution in [0.3, 0.4) is 0 Å². The number of phenols is 1. The van der Waals surface area contributed by atoms with E-state index in [1.54, 1.807) is 16.7 Å². The van der Waals surface area contributed by atoms with Crippen LogP contribution in [0.15, 0.2) is 54.6 Å². The van der Waals surface area contributed by atoms with Crippen molar-refractivity contribution in [2.75, 3.05) is 0 Å². The van der Waals surface area contributed by atoms with Crippen LogP contribution in [-0.4, -0.2) is 10.0 Å². The van der Waals surface area contributed by atoms with E-state index in [1.165, 1.54) is 0 Å². The molecule has 1 aromatic heterocycles. The second kappa shape index (κ2) is 6.55. The highest BCUT2D eigenvalue weighted by Gasteiger charge is 2.44. The first-order chi connectivity index (χ1) is 14.0. The molecule has 0 bridgehead atoms. The third-order valence-electron chi connectivity index (χ3n) is 5.38. The topological polar surface area (TPSA) is 67.2 Å². The van der Waals surface area contributed by atoms with Crippen LogP contribution >= 0.6 is 0 Å². The van der Waals surface area contributed by atoms with Gasteiger partial charge in [-0.15, -0.1) is 0 Å². The maximum atomic E-state index is 13.8. The van der Waals surface area contributed by atoms with Crippen molar-refractivity contribution in [3.05, 3.63) is 75.8 Å². The molecule has 0 saturated heterocycles. The van der Waals surface area contributed by atoms with E-state index >= 15 is 0 Å².